The van der Waals surface area contributed by atoms with Crippen LogP contribution in [0, 0.1) is 0 Å². The summed E-state index contributed by atoms with van der Waals surface area (Å²) in [6.07, 6.45) is -4.48. The van der Waals surface area contributed by atoms with Crippen molar-refractivity contribution in [2.45, 2.75) is 19.3 Å². The molecular weight excluding hydrogens is 269 g/mol. The van der Waals surface area contributed by atoms with Crippen LogP contribution in [-0.4, -0.2) is 29.5 Å². The molecule has 0 aliphatic carbocycles. The number of rotatable bonds is 4. The zero-order chi connectivity index (χ0) is 14.6. The fraction of sp³-hybridized carbons (Fsp3) is 0.400. The summed E-state index contributed by atoms with van der Waals surface area (Å²) in [6, 6.07) is 0. The van der Waals surface area contributed by atoms with Crippen molar-refractivity contribution in [2.24, 2.45) is 5.73 Å². The van der Waals surface area contributed by atoms with E-state index < -0.39 is 30.3 Å². The highest BCUT2D eigenvalue weighted by Crippen LogP contribution is 2.36. The predicted octanol–water partition coefficient (Wildman–Crippen LogP) is 0.860. The number of hydrogen-bond donors (Lipinski definition) is 2. The zero-order valence-corrected chi connectivity index (χ0v) is 9.82. The van der Waals surface area contributed by atoms with Crippen molar-refractivity contribution in [1.82, 2.24) is 4.98 Å². The fourth-order valence-corrected chi connectivity index (χ4v) is 1.27. The normalized spacial score (nSPS) is 11.2. The molecule has 0 amide bonds. The molecule has 0 saturated carbocycles. The second kappa shape index (κ2) is 5.74. The van der Waals surface area contributed by atoms with Crippen molar-refractivity contribution in [2.75, 3.05) is 7.11 Å². The van der Waals surface area contributed by atoms with Crippen molar-refractivity contribution in [3.8, 4) is 11.5 Å². The molecule has 0 fully saturated rings. The van der Waals surface area contributed by atoms with E-state index in [2.05, 4.69) is 14.5 Å². The molecule has 0 spiro atoms. The first kappa shape index (κ1) is 15.0. The number of halogens is 3. The van der Waals surface area contributed by atoms with E-state index in [-0.39, 0.29) is 17.8 Å². The number of carbonyl (C=O) groups is 1. The molecule has 9 heteroatoms. The SMILES string of the molecule is COC(=O)Cc1ncc(CN)c(OC(F)(F)F)c1O. The molecule has 1 aromatic heterocycles. The second-order valence-electron chi connectivity index (χ2n) is 3.41. The third-order valence-corrected chi connectivity index (χ3v) is 2.13. The maximum Gasteiger partial charge on any atom is 0.573 e. The van der Waals surface area contributed by atoms with E-state index in [1.165, 1.54) is 0 Å². The zero-order valence-electron chi connectivity index (χ0n) is 9.82. The van der Waals surface area contributed by atoms with E-state index in [0.29, 0.717) is 0 Å². The highest BCUT2D eigenvalue weighted by atomic mass is 19.4. The number of aromatic hydroxyl groups is 1. The summed E-state index contributed by atoms with van der Waals surface area (Å²) in [5.41, 5.74) is 4.80. The van der Waals surface area contributed by atoms with Crippen LogP contribution < -0.4 is 10.5 Å². The summed E-state index contributed by atoms with van der Waals surface area (Å²) in [5, 5.41) is 9.66. The van der Waals surface area contributed by atoms with Gasteiger partial charge in [-0.15, -0.1) is 13.2 Å². The first-order valence-electron chi connectivity index (χ1n) is 5.00. The Labute approximate surface area is 105 Å². The van der Waals surface area contributed by atoms with E-state index in [0.717, 1.165) is 13.3 Å². The summed E-state index contributed by atoms with van der Waals surface area (Å²) < 4.78 is 44.7. The van der Waals surface area contributed by atoms with Gasteiger partial charge in [0.2, 0.25) is 0 Å². The van der Waals surface area contributed by atoms with Crippen molar-refractivity contribution in [3.63, 3.8) is 0 Å². The predicted molar refractivity (Wildman–Crippen MR) is 56.2 cm³/mol. The van der Waals surface area contributed by atoms with Gasteiger partial charge in [-0.25, -0.2) is 0 Å². The first-order chi connectivity index (χ1) is 8.78. The van der Waals surface area contributed by atoms with Crippen LogP contribution in [0.4, 0.5) is 13.2 Å². The molecule has 0 unspecified atom stereocenters. The van der Waals surface area contributed by atoms with Gasteiger partial charge in [-0.3, -0.25) is 9.78 Å². The number of esters is 1. The lowest BCUT2D eigenvalue weighted by molar-refractivity contribution is -0.275. The van der Waals surface area contributed by atoms with E-state index in [1.807, 2.05) is 0 Å². The number of ether oxygens (including phenoxy) is 2. The van der Waals surface area contributed by atoms with Gasteiger partial charge < -0.3 is 20.3 Å². The largest absolute Gasteiger partial charge is 0.573 e. The molecular formula is C10H11F3N2O4. The molecule has 0 atom stereocenters. The van der Waals surface area contributed by atoms with Crippen LogP contribution in [0.2, 0.25) is 0 Å². The van der Waals surface area contributed by atoms with Crippen LogP contribution in [0.5, 0.6) is 11.5 Å². The Bertz CT molecular complexity index is 477. The van der Waals surface area contributed by atoms with Crippen LogP contribution in [0.25, 0.3) is 0 Å². The molecule has 0 saturated heterocycles. The van der Waals surface area contributed by atoms with E-state index in [9.17, 15) is 23.1 Å². The summed E-state index contributed by atoms with van der Waals surface area (Å²) in [6.45, 7) is -0.315. The number of pyridine rings is 1. The fourth-order valence-electron chi connectivity index (χ4n) is 1.27. The maximum atomic E-state index is 12.2. The minimum absolute atomic E-state index is 0.136. The Kier molecular flexibility index (Phi) is 4.54. The number of nitrogens with two attached hydrogens (primary N) is 1. The van der Waals surface area contributed by atoms with E-state index in [4.69, 9.17) is 5.73 Å². The van der Waals surface area contributed by atoms with Crippen LogP contribution >= 0.6 is 0 Å². The molecule has 106 valence electrons. The van der Waals surface area contributed by atoms with Crippen molar-refractivity contribution < 1.29 is 32.5 Å². The van der Waals surface area contributed by atoms with Gasteiger partial charge in [0.1, 0.15) is 0 Å². The Hall–Kier alpha value is -2.03. The van der Waals surface area contributed by atoms with Crippen LogP contribution in [0.3, 0.4) is 0 Å². The average molecular weight is 280 g/mol. The van der Waals surface area contributed by atoms with E-state index >= 15 is 0 Å². The number of carbonyl (C=O) groups excluding carboxylic acids is 1. The van der Waals surface area contributed by atoms with Crippen molar-refractivity contribution >= 4 is 5.97 Å². The molecule has 19 heavy (non-hydrogen) atoms. The van der Waals surface area contributed by atoms with Gasteiger partial charge in [-0.2, -0.15) is 0 Å². The number of aromatic nitrogens is 1. The van der Waals surface area contributed by atoms with Gasteiger partial charge in [0, 0.05) is 18.3 Å². The molecule has 0 aromatic carbocycles. The molecule has 0 aliphatic rings. The van der Waals surface area contributed by atoms with Crippen LogP contribution in [0.15, 0.2) is 6.20 Å². The number of alkyl halides is 3. The van der Waals surface area contributed by atoms with Gasteiger partial charge in [0.05, 0.1) is 19.2 Å². The maximum absolute atomic E-state index is 12.2. The van der Waals surface area contributed by atoms with Gasteiger partial charge in [0.15, 0.2) is 11.5 Å². The minimum atomic E-state index is -4.99. The molecule has 0 aliphatic heterocycles. The Morgan fingerprint density at radius 2 is 2.16 bits per heavy atom. The third kappa shape index (κ3) is 3.98. The molecule has 1 aromatic rings. The third-order valence-electron chi connectivity index (χ3n) is 2.13. The van der Waals surface area contributed by atoms with Crippen molar-refractivity contribution in [3.05, 3.63) is 17.5 Å². The Balaban J connectivity index is 3.18. The van der Waals surface area contributed by atoms with Gasteiger partial charge >= 0.3 is 12.3 Å². The van der Waals surface area contributed by atoms with Gasteiger partial charge in [-0.05, 0) is 0 Å². The lowest BCUT2D eigenvalue weighted by atomic mass is 10.1. The molecule has 6 nitrogen and oxygen atoms in total. The molecule has 1 rings (SSSR count). The topological polar surface area (TPSA) is 94.7 Å². The highest BCUT2D eigenvalue weighted by Gasteiger charge is 2.34. The van der Waals surface area contributed by atoms with Crippen LogP contribution in [-0.2, 0) is 22.5 Å². The first-order valence-corrected chi connectivity index (χ1v) is 5.00. The molecule has 0 radical (unpaired) electrons. The quantitative estimate of drug-likeness (QED) is 0.794. The second-order valence-corrected chi connectivity index (χ2v) is 3.41. The molecule has 1 heterocycles. The summed E-state index contributed by atoms with van der Waals surface area (Å²) in [5.74, 6) is -2.50. The van der Waals surface area contributed by atoms with Crippen LogP contribution in [0.1, 0.15) is 11.3 Å². The highest BCUT2D eigenvalue weighted by molar-refractivity contribution is 5.73. The smallest absolute Gasteiger partial charge is 0.503 e. The standard InChI is InChI=1S/C10H11F3N2O4/c1-18-7(16)2-6-8(17)9(19-10(11,12)13)5(3-14)4-15-6/h4,17H,2-3,14H2,1H3. The summed E-state index contributed by atoms with van der Waals surface area (Å²) in [4.78, 5) is 14.7. The van der Waals surface area contributed by atoms with E-state index in [1.54, 1.807) is 0 Å². The molecule has 0 bridgehead atoms. The van der Waals surface area contributed by atoms with Gasteiger partial charge in [0.25, 0.3) is 0 Å². The lowest BCUT2D eigenvalue weighted by Crippen LogP contribution is -2.19. The number of hydrogen-bond acceptors (Lipinski definition) is 6. The summed E-state index contributed by atoms with van der Waals surface area (Å²) in [7, 11) is 1.10. The average Bonchev–Trinajstić information content (AvgIpc) is 2.32. The van der Waals surface area contributed by atoms with Crippen molar-refractivity contribution in [1.29, 1.82) is 0 Å². The lowest BCUT2D eigenvalue weighted by Gasteiger charge is -2.15. The Morgan fingerprint density at radius 1 is 1.53 bits per heavy atom. The number of methoxy groups -OCH3 is 1. The monoisotopic (exact) mass is 280 g/mol. The summed E-state index contributed by atoms with van der Waals surface area (Å²) >= 11 is 0. The number of nitrogens with zero attached hydrogens (tertiary/aromatic N) is 1. The molecule has 3 N–H and O–H groups in total. The van der Waals surface area contributed by atoms with Gasteiger partial charge in [-0.1, -0.05) is 0 Å². The Morgan fingerprint density at radius 3 is 2.63 bits per heavy atom. The minimum Gasteiger partial charge on any atom is -0.503 e.